The van der Waals surface area contributed by atoms with Gasteiger partial charge in [0.15, 0.2) is 17.3 Å². The topological polar surface area (TPSA) is 55.8 Å². The lowest BCUT2D eigenvalue weighted by Crippen LogP contribution is -2.03. The summed E-state index contributed by atoms with van der Waals surface area (Å²) in [5, 5.41) is 9.96. The summed E-state index contributed by atoms with van der Waals surface area (Å²) >= 11 is 0. The van der Waals surface area contributed by atoms with Crippen LogP contribution < -0.4 is 9.47 Å². The second kappa shape index (κ2) is 4.88. The molecule has 0 saturated carbocycles. The molecule has 0 saturated heterocycles. The Morgan fingerprint density at radius 2 is 2.00 bits per heavy atom. The third-order valence-corrected chi connectivity index (χ3v) is 2.44. The molecule has 4 heteroatoms. The molecule has 1 N–H and O–H groups in total. The number of phenols is 1. The summed E-state index contributed by atoms with van der Waals surface area (Å²) in [6.45, 7) is 3.50. The molecule has 0 atom stereocenters. The molecule has 4 nitrogen and oxygen atoms in total. The van der Waals surface area contributed by atoms with Gasteiger partial charge in [0.05, 0.1) is 19.8 Å². The van der Waals surface area contributed by atoms with Crippen LogP contribution in [0, 0.1) is 6.92 Å². The van der Waals surface area contributed by atoms with Gasteiger partial charge < -0.3 is 14.6 Å². The highest BCUT2D eigenvalue weighted by Crippen LogP contribution is 2.41. The lowest BCUT2D eigenvalue weighted by atomic mass is 10.0. The number of hydrogen-bond donors (Lipinski definition) is 1. The van der Waals surface area contributed by atoms with Gasteiger partial charge in [-0.1, -0.05) is 6.92 Å². The molecule has 1 aromatic rings. The molecule has 0 heterocycles. The minimum absolute atomic E-state index is 0.115. The molecule has 0 fully saturated rings. The molecule has 88 valence electrons. The predicted octanol–water partition coefficient (Wildman–Crippen LogP) is 2.31. The number of carbonyl (C=O) groups is 1. The molecule has 0 radical (unpaired) electrons. The van der Waals surface area contributed by atoms with Crippen LogP contribution in [0.2, 0.25) is 0 Å². The normalized spacial score (nSPS) is 10.0. The largest absolute Gasteiger partial charge is 0.504 e. The molecule has 16 heavy (non-hydrogen) atoms. The number of hydrogen-bond acceptors (Lipinski definition) is 4. The average molecular weight is 224 g/mol. The number of ether oxygens (including phenoxy) is 2. The van der Waals surface area contributed by atoms with Crippen molar-refractivity contribution in [1.82, 2.24) is 0 Å². The van der Waals surface area contributed by atoms with Gasteiger partial charge in [-0.15, -0.1) is 0 Å². The summed E-state index contributed by atoms with van der Waals surface area (Å²) in [6, 6.07) is 1.68. The molecule has 1 rings (SSSR count). The van der Waals surface area contributed by atoms with E-state index in [1.807, 2.05) is 0 Å². The molecule has 0 amide bonds. The first-order valence-corrected chi connectivity index (χ1v) is 5.04. The number of methoxy groups -OCH3 is 2. The summed E-state index contributed by atoms with van der Waals surface area (Å²) in [6.07, 6.45) is 0.337. The first-order chi connectivity index (χ1) is 7.56. The van der Waals surface area contributed by atoms with Crippen molar-refractivity contribution in [3.63, 3.8) is 0 Å². The fourth-order valence-electron chi connectivity index (χ4n) is 1.63. The molecule has 0 spiro atoms. The number of ketones is 1. The standard InChI is InChI=1S/C12H16O4/c1-5-8(13)10-7(2)6-9(15-3)12(16-4)11(10)14/h6,14H,5H2,1-4H3. The number of carbonyl (C=O) groups excluding carboxylic acids is 1. The lowest BCUT2D eigenvalue weighted by molar-refractivity contribution is 0.0984. The highest BCUT2D eigenvalue weighted by atomic mass is 16.5. The van der Waals surface area contributed by atoms with Gasteiger partial charge >= 0.3 is 0 Å². The molecule has 0 unspecified atom stereocenters. The number of rotatable bonds is 4. The van der Waals surface area contributed by atoms with Crippen molar-refractivity contribution >= 4 is 5.78 Å². The quantitative estimate of drug-likeness (QED) is 0.797. The van der Waals surface area contributed by atoms with E-state index in [0.717, 1.165) is 0 Å². The summed E-state index contributed by atoms with van der Waals surface area (Å²) in [5.74, 6) is 0.359. The second-order valence-corrected chi connectivity index (χ2v) is 3.43. The van der Waals surface area contributed by atoms with Gasteiger partial charge in [-0.25, -0.2) is 0 Å². The fraction of sp³-hybridized carbons (Fsp3) is 0.417. The van der Waals surface area contributed by atoms with Gasteiger partial charge in [0.2, 0.25) is 5.75 Å². The number of benzene rings is 1. The van der Waals surface area contributed by atoms with E-state index in [-0.39, 0.29) is 17.3 Å². The SMILES string of the molecule is CCC(=O)c1c(C)cc(OC)c(OC)c1O. The Balaban J connectivity index is 3.46. The first kappa shape index (κ1) is 12.4. The van der Waals surface area contributed by atoms with Gasteiger partial charge in [0.1, 0.15) is 0 Å². The number of Topliss-reactive ketones (excluding diaryl/α,β-unsaturated/α-hetero) is 1. The molecule has 0 aliphatic heterocycles. The number of aromatic hydroxyl groups is 1. The smallest absolute Gasteiger partial charge is 0.203 e. The molecular weight excluding hydrogens is 208 g/mol. The Morgan fingerprint density at radius 3 is 2.44 bits per heavy atom. The minimum Gasteiger partial charge on any atom is -0.504 e. The maximum absolute atomic E-state index is 11.7. The number of aryl methyl sites for hydroxylation is 1. The van der Waals surface area contributed by atoms with Gasteiger partial charge in [0, 0.05) is 6.42 Å². The Labute approximate surface area is 94.8 Å². The van der Waals surface area contributed by atoms with E-state index in [1.54, 1.807) is 19.9 Å². The van der Waals surface area contributed by atoms with E-state index >= 15 is 0 Å². The van der Waals surface area contributed by atoms with Gasteiger partial charge in [-0.05, 0) is 18.6 Å². The van der Waals surface area contributed by atoms with E-state index in [9.17, 15) is 9.90 Å². The highest BCUT2D eigenvalue weighted by Gasteiger charge is 2.20. The Hall–Kier alpha value is -1.71. The van der Waals surface area contributed by atoms with Crippen LogP contribution in [-0.4, -0.2) is 25.1 Å². The van der Waals surface area contributed by atoms with Crippen LogP contribution in [0.4, 0.5) is 0 Å². The Bertz CT molecular complexity index is 410. The first-order valence-electron chi connectivity index (χ1n) is 5.04. The van der Waals surface area contributed by atoms with E-state index in [0.29, 0.717) is 23.3 Å². The third kappa shape index (κ3) is 1.96. The zero-order valence-electron chi connectivity index (χ0n) is 9.96. The second-order valence-electron chi connectivity index (χ2n) is 3.43. The molecule has 1 aromatic carbocycles. The van der Waals surface area contributed by atoms with Crippen molar-refractivity contribution in [3.8, 4) is 17.2 Å². The fourth-order valence-corrected chi connectivity index (χ4v) is 1.63. The molecule has 0 aliphatic carbocycles. The molecule has 0 aromatic heterocycles. The zero-order valence-corrected chi connectivity index (χ0v) is 9.96. The lowest BCUT2D eigenvalue weighted by Gasteiger charge is -2.14. The predicted molar refractivity (Wildman–Crippen MR) is 60.6 cm³/mol. The van der Waals surface area contributed by atoms with Crippen LogP contribution in [0.15, 0.2) is 6.07 Å². The van der Waals surface area contributed by atoms with E-state index < -0.39 is 0 Å². The van der Waals surface area contributed by atoms with Crippen molar-refractivity contribution in [2.45, 2.75) is 20.3 Å². The van der Waals surface area contributed by atoms with Crippen LogP contribution in [0.25, 0.3) is 0 Å². The monoisotopic (exact) mass is 224 g/mol. The van der Waals surface area contributed by atoms with E-state index in [1.165, 1.54) is 14.2 Å². The third-order valence-electron chi connectivity index (χ3n) is 2.44. The van der Waals surface area contributed by atoms with Gasteiger partial charge in [0.25, 0.3) is 0 Å². The summed E-state index contributed by atoms with van der Waals surface area (Å²) in [7, 11) is 2.91. The summed E-state index contributed by atoms with van der Waals surface area (Å²) < 4.78 is 10.1. The van der Waals surface area contributed by atoms with Crippen LogP contribution in [0.5, 0.6) is 17.2 Å². The zero-order chi connectivity index (χ0) is 12.3. The van der Waals surface area contributed by atoms with Crippen LogP contribution in [0.1, 0.15) is 29.3 Å². The van der Waals surface area contributed by atoms with E-state index in [2.05, 4.69) is 0 Å². The summed E-state index contributed by atoms with van der Waals surface area (Å²) in [4.78, 5) is 11.7. The average Bonchev–Trinajstić information content (AvgIpc) is 2.27. The molecule has 0 bridgehead atoms. The van der Waals surface area contributed by atoms with Crippen molar-refractivity contribution < 1.29 is 19.4 Å². The Kier molecular flexibility index (Phi) is 3.77. The van der Waals surface area contributed by atoms with Crippen molar-refractivity contribution in [2.75, 3.05) is 14.2 Å². The van der Waals surface area contributed by atoms with Gasteiger partial charge in [-0.2, -0.15) is 0 Å². The van der Waals surface area contributed by atoms with Crippen LogP contribution >= 0.6 is 0 Å². The highest BCUT2D eigenvalue weighted by molar-refractivity contribution is 6.01. The molecule has 0 aliphatic rings. The molecular formula is C12H16O4. The summed E-state index contributed by atoms with van der Waals surface area (Å²) in [5.41, 5.74) is 0.988. The number of phenolic OH excluding ortho intramolecular Hbond substituents is 1. The Morgan fingerprint density at radius 1 is 1.38 bits per heavy atom. The van der Waals surface area contributed by atoms with Crippen molar-refractivity contribution in [3.05, 3.63) is 17.2 Å². The maximum atomic E-state index is 11.7. The maximum Gasteiger partial charge on any atom is 0.203 e. The van der Waals surface area contributed by atoms with Gasteiger partial charge in [-0.3, -0.25) is 4.79 Å². The minimum atomic E-state index is -0.147. The van der Waals surface area contributed by atoms with Crippen LogP contribution in [-0.2, 0) is 0 Å². The van der Waals surface area contributed by atoms with E-state index in [4.69, 9.17) is 9.47 Å². The van der Waals surface area contributed by atoms with Crippen LogP contribution in [0.3, 0.4) is 0 Å². The van der Waals surface area contributed by atoms with Crippen molar-refractivity contribution in [2.24, 2.45) is 0 Å². The van der Waals surface area contributed by atoms with Crippen molar-refractivity contribution in [1.29, 1.82) is 0 Å².